The van der Waals surface area contributed by atoms with Crippen molar-refractivity contribution < 1.29 is 44.2 Å². The van der Waals surface area contributed by atoms with Gasteiger partial charge in [-0.2, -0.15) is 0 Å². The van der Waals surface area contributed by atoms with Gasteiger partial charge in [-0.3, -0.25) is 4.79 Å². The van der Waals surface area contributed by atoms with E-state index in [9.17, 15) is 25.2 Å². The van der Waals surface area contributed by atoms with Crippen molar-refractivity contribution in [2.24, 2.45) is 0 Å². The Morgan fingerprint density at radius 1 is 0.611 bits per heavy atom. The van der Waals surface area contributed by atoms with Gasteiger partial charge in [-0.25, -0.2) is 0 Å². The van der Waals surface area contributed by atoms with Gasteiger partial charge < -0.3 is 39.4 Å². The first kappa shape index (κ1) is 50.2. The Hall–Kier alpha value is -1.85. The van der Waals surface area contributed by atoms with Crippen molar-refractivity contribution in [1.82, 2.24) is 0 Å². The lowest BCUT2D eigenvalue weighted by Crippen LogP contribution is -2.59. The highest BCUT2D eigenvalue weighted by Crippen LogP contribution is 2.22. The minimum Gasteiger partial charge on any atom is -0.457 e. The number of aliphatic hydroxyl groups is 4. The summed E-state index contributed by atoms with van der Waals surface area (Å²) in [6.07, 6.45) is 37.7. The molecule has 1 aliphatic rings. The van der Waals surface area contributed by atoms with Crippen molar-refractivity contribution in [1.29, 1.82) is 0 Å². The maximum Gasteiger partial charge on any atom is 0.306 e. The highest BCUT2D eigenvalue weighted by Gasteiger charge is 2.44. The van der Waals surface area contributed by atoms with Gasteiger partial charge in [0.1, 0.15) is 30.5 Å². The van der Waals surface area contributed by atoms with E-state index in [1.54, 1.807) is 0 Å². The molecule has 0 aliphatic carbocycles. The molecule has 314 valence electrons. The molecule has 9 heteroatoms. The van der Waals surface area contributed by atoms with Gasteiger partial charge in [0.25, 0.3) is 0 Å². The number of ether oxygens (including phenoxy) is 4. The summed E-state index contributed by atoms with van der Waals surface area (Å²) >= 11 is 0. The molecule has 6 atom stereocenters. The summed E-state index contributed by atoms with van der Waals surface area (Å²) < 4.78 is 22.6. The number of carbonyl (C=O) groups excluding carboxylic acids is 1. The van der Waals surface area contributed by atoms with Crippen LogP contribution in [-0.2, 0) is 23.7 Å². The summed E-state index contributed by atoms with van der Waals surface area (Å²) in [5.41, 5.74) is 0. The Morgan fingerprint density at radius 3 is 1.70 bits per heavy atom. The lowest BCUT2D eigenvalue weighted by Gasteiger charge is -2.39. The number of unbranched alkanes of at least 4 members (excludes halogenated alkanes) is 17. The van der Waals surface area contributed by atoms with Gasteiger partial charge in [0.15, 0.2) is 6.29 Å². The lowest BCUT2D eigenvalue weighted by molar-refractivity contribution is -0.305. The quantitative estimate of drug-likeness (QED) is 0.0280. The Labute approximate surface area is 329 Å². The predicted octanol–water partition coefficient (Wildman–Crippen LogP) is 9.36. The second kappa shape index (κ2) is 36.8. The summed E-state index contributed by atoms with van der Waals surface area (Å²) in [6, 6.07) is 0. The molecule has 0 radical (unpaired) electrons. The molecule has 1 saturated heterocycles. The normalized spacial score (nSPS) is 21.3. The van der Waals surface area contributed by atoms with E-state index >= 15 is 0 Å². The van der Waals surface area contributed by atoms with E-state index in [0.717, 1.165) is 70.6 Å². The zero-order valence-electron chi connectivity index (χ0n) is 34.2. The van der Waals surface area contributed by atoms with Crippen molar-refractivity contribution in [3.05, 3.63) is 48.6 Å². The van der Waals surface area contributed by atoms with Crippen molar-refractivity contribution in [2.45, 2.75) is 205 Å². The average Bonchev–Trinajstić information content (AvgIpc) is 3.17. The summed E-state index contributed by atoms with van der Waals surface area (Å²) in [4.78, 5) is 12.5. The topological polar surface area (TPSA) is 135 Å². The minimum atomic E-state index is -1.53. The van der Waals surface area contributed by atoms with Crippen LogP contribution >= 0.6 is 0 Å². The first-order chi connectivity index (χ1) is 26.4. The van der Waals surface area contributed by atoms with Gasteiger partial charge in [0.05, 0.1) is 19.8 Å². The van der Waals surface area contributed by atoms with Crippen LogP contribution in [0.25, 0.3) is 0 Å². The first-order valence-electron chi connectivity index (χ1n) is 21.7. The Bertz CT molecular complexity index is 963. The summed E-state index contributed by atoms with van der Waals surface area (Å²) in [5.74, 6) is -0.328. The fourth-order valence-electron chi connectivity index (χ4n) is 6.36. The number of rotatable bonds is 36. The van der Waals surface area contributed by atoms with Crippen LogP contribution in [0, 0.1) is 0 Å². The van der Waals surface area contributed by atoms with Crippen molar-refractivity contribution in [3.63, 3.8) is 0 Å². The fourth-order valence-corrected chi connectivity index (χ4v) is 6.36. The van der Waals surface area contributed by atoms with Crippen molar-refractivity contribution in [3.8, 4) is 0 Å². The van der Waals surface area contributed by atoms with Crippen LogP contribution in [0.4, 0.5) is 0 Å². The Morgan fingerprint density at radius 2 is 1.13 bits per heavy atom. The third kappa shape index (κ3) is 27.7. The predicted molar refractivity (Wildman–Crippen MR) is 219 cm³/mol. The van der Waals surface area contributed by atoms with Gasteiger partial charge in [0.2, 0.25) is 0 Å². The van der Waals surface area contributed by atoms with E-state index in [0.29, 0.717) is 13.0 Å². The van der Waals surface area contributed by atoms with Gasteiger partial charge in [-0.15, -0.1) is 0 Å². The number of hydrogen-bond acceptors (Lipinski definition) is 9. The average molecular weight is 765 g/mol. The smallest absolute Gasteiger partial charge is 0.306 e. The standard InChI is InChI=1S/C45H80O9/c1-3-5-7-9-10-11-12-13-14-15-16-17-18-19-20-21-22-23-24-25-26-27-28-29-31-33-35-51-37-39(53-41(47)34-32-30-8-6-4-2)38-52-45-44(50)43(49)42(48)40(36-46)54-45/h5,7,10-11,13-14,16-17,39-40,42-46,48-50H,3-4,6,8-9,12,15,18-38H2,1-2H3/b7-5-,11-10-,14-13-,17-16-. The molecule has 1 rings (SSSR count). The summed E-state index contributed by atoms with van der Waals surface area (Å²) in [7, 11) is 0. The third-order valence-corrected chi connectivity index (χ3v) is 9.76. The first-order valence-corrected chi connectivity index (χ1v) is 21.7. The number of esters is 1. The Kier molecular flexibility index (Phi) is 34.2. The zero-order valence-corrected chi connectivity index (χ0v) is 34.2. The Balaban J connectivity index is 2.08. The lowest BCUT2D eigenvalue weighted by atomic mass is 9.99. The van der Waals surface area contributed by atoms with Crippen LogP contribution < -0.4 is 0 Å². The van der Waals surface area contributed by atoms with Crippen LogP contribution in [0.1, 0.15) is 168 Å². The molecular formula is C45H80O9. The van der Waals surface area contributed by atoms with E-state index in [1.807, 2.05) is 0 Å². The zero-order chi connectivity index (χ0) is 39.3. The fraction of sp³-hybridized carbons (Fsp3) is 0.800. The van der Waals surface area contributed by atoms with Crippen LogP contribution in [0.15, 0.2) is 48.6 Å². The summed E-state index contributed by atoms with van der Waals surface area (Å²) in [6.45, 7) is 4.35. The molecule has 0 aromatic carbocycles. The number of aliphatic hydroxyl groups excluding tert-OH is 4. The van der Waals surface area contributed by atoms with E-state index in [1.165, 1.54) is 77.0 Å². The molecule has 1 fully saturated rings. The van der Waals surface area contributed by atoms with E-state index < -0.39 is 43.4 Å². The SMILES string of the molecule is CC/C=C\C/C=C\C/C=C\C/C=C\CCCCCCCCCCCCCCCOCC(COC1OC(CO)C(O)C(O)C1O)OC(=O)CCCCCCC. The molecule has 0 spiro atoms. The molecule has 1 heterocycles. The number of allylic oxidation sites excluding steroid dienone is 8. The maximum atomic E-state index is 12.5. The van der Waals surface area contributed by atoms with Crippen LogP contribution in [0.2, 0.25) is 0 Å². The van der Waals surface area contributed by atoms with Crippen LogP contribution in [-0.4, -0.2) is 89.6 Å². The van der Waals surface area contributed by atoms with E-state index in [2.05, 4.69) is 62.5 Å². The van der Waals surface area contributed by atoms with Gasteiger partial charge in [0, 0.05) is 13.0 Å². The summed E-state index contributed by atoms with van der Waals surface area (Å²) in [5, 5.41) is 39.8. The molecule has 0 amide bonds. The second-order valence-corrected chi connectivity index (χ2v) is 14.8. The van der Waals surface area contributed by atoms with Gasteiger partial charge >= 0.3 is 5.97 Å². The highest BCUT2D eigenvalue weighted by atomic mass is 16.7. The molecule has 54 heavy (non-hydrogen) atoms. The molecule has 0 aromatic rings. The van der Waals surface area contributed by atoms with Crippen LogP contribution in [0.3, 0.4) is 0 Å². The molecule has 1 aliphatic heterocycles. The monoisotopic (exact) mass is 765 g/mol. The number of carbonyl (C=O) groups is 1. The minimum absolute atomic E-state index is 0.114. The molecule has 6 unspecified atom stereocenters. The molecule has 0 bridgehead atoms. The van der Waals surface area contributed by atoms with Gasteiger partial charge in [-0.05, 0) is 51.4 Å². The third-order valence-electron chi connectivity index (χ3n) is 9.76. The van der Waals surface area contributed by atoms with Gasteiger partial charge in [-0.1, -0.05) is 159 Å². The van der Waals surface area contributed by atoms with Crippen molar-refractivity contribution >= 4 is 5.97 Å². The number of hydrogen-bond donors (Lipinski definition) is 4. The molecule has 0 aromatic heterocycles. The largest absolute Gasteiger partial charge is 0.457 e. The second-order valence-electron chi connectivity index (χ2n) is 14.8. The highest BCUT2D eigenvalue weighted by molar-refractivity contribution is 5.69. The van der Waals surface area contributed by atoms with Crippen molar-refractivity contribution in [2.75, 3.05) is 26.4 Å². The molecule has 9 nitrogen and oxygen atoms in total. The molecule has 0 saturated carbocycles. The van der Waals surface area contributed by atoms with E-state index in [4.69, 9.17) is 18.9 Å². The maximum absolute atomic E-state index is 12.5. The molecular weight excluding hydrogens is 684 g/mol. The van der Waals surface area contributed by atoms with E-state index in [-0.39, 0.29) is 19.2 Å². The molecule has 4 N–H and O–H groups in total. The van der Waals surface area contributed by atoms with Crippen LogP contribution in [0.5, 0.6) is 0 Å².